The molecule has 1 fully saturated rings. The predicted octanol–water partition coefficient (Wildman–Crippen LogP) is 7.33. The first-order valence-corrected chi connectivity index (χ1v) is 11.2. The fraction of sp³-hybridized carbons (Fsp3) is 0.565. The highest BCUT2D eigenvalue weighted by Gasteiger charge is 2.11. The van der Waals surface area contributed by atoms with Crippen molar-refractivity contribution in [3.8, 4) is 16.3 Å². The lowest BCUT2D eigenvalue weighted by Gasteiger charge is -2.18. The van der Waals surface area contributed by atoms with Gasteiger partial charge in [0.1, 0.15) is 10.8 Å². The lowest BCUT2D eigenvalue weighted by molar-refractivity contribution is 0.0600. The molecule has 4 nitrogen and oxygen atoms in total. The van der Waals surface area contributed by atoms with Gasteiger partial charge in [-0.25, -0.2) is 9.78 Å². The maximum Gasteiger partial charge on any atom is 0.338 e. The second-order valence-electron chi connectivity index (χ2n) is 6.49. The average molecular weight is 408 g/mol. The number of hydrogen-bond donors (Lipinski definition) is 1. The summed E-state index contributed by atoms with van der Waals surface area (Å²) in [5.41, 5.74) is 1.02. The number of nitrogens with zero attached hydrogens (tertiary/aromatic N) is 1. The molecule has 0 amide bonds. The quantitative estimate of drug-likeness (QED) is 0.539. The Kier molecular flexibility index (Phi) is 15.0. The molecular weight excluding hydrogens is 370 g/mol. The summed E-state index contributed by atoms with van der Waals surface area (Å²) >= 11 is 1.44. The van der Waals surface area contributed by atoms with Crippen molar-refractivity contribution in [1.82, 2.24) is 4.98 Å². The van der Waals surface area contributed by atoms with Crippen LogP contribution in [0.25, 0.3) is 10.6 Å². The zero-order valence-electron chi connectivity index (χ0n) is 18.3. The van der Waals surface area contributed by atoms with Crippen LogP contribution in [0.1, 0.15) is 83.5 Å². The van der Waals surface area contributed by atoms with E-state index >= 15 is 0 Å². The van der Waals surface area contributed by atoms with Gasteiger partial charge in [-0.1, -0.05) is 73.1 Å². The van der Waals surface area contributed by atoms with Crippen LogP contribution in [0.15, 0.2) is 29.8 Å². The van der Waals surface area contributed by atoms with Gasteiger partial charge in [0.05, 0.1) is 12.7 Å². The third-order valence-corrected chi connectivity index (χ3v) is 4.94. The van der Waals surface area contributed by atoms with Gasteiger partial charge in [-0.3, -0.25) is 0 Å². The minimum atomic E-state index is -0.478. The Morgan fingerprint density at radius 1 is 1.21 bits per heavy atom. The van der Waals surface area contributed by atoms with Crippen LogP contribution in [0.3, 0.4) is 0 Å². The standard InChI is InChI=1S/C11H9NO3S.C5H10.C5H12.C2H6/c1-15-11(14)8-4-7(5-9(13)6-8)10-12-2-3-16-10;1-5-3-2-4-5;1-3-5-4-2;1-2/h2-6,13H,1H3;5H,2-4H2,1H3;3-5H2,1-2H3;1-2H3. The number of phenols is 1. The molecule has 2 aromatic rings. The smallest absolute Gasteiger partial charge is 0.338 e. The van der Waals surface area contributed by atoms with Crippen molar-refractivity contribution in [3.63, 3.8) is 0 Å². The Balaban J connectivity index is 0.000000499. The molecule has 3 rings (SSSR count). The summed E-state index contributed by atoms with van der Waals surface area (Å²) in [7, 11) is 1.30. The van der Waals surface area contributed by atoms with Gasteiger partial charge in [-0.2, -0.15) is 0 Å². The Morgan fingerprint density at radius 3 is 2.18 bits per heavy atom. The van der Waals surface area contributed by atoms with Gasteiger partial charge >= 0.3 is 5.97 Å². The van der Waals surface area contributed by atoms with E-state index in [2.05, 4.69) is 30.5 Å². The van der Waals surface area contributed by atoms with Gasteiger partial charge in [0.15, 0.2) is 0 Å². The molecule has 0 bridgehead atoms. The molecule has 28 heavy (non-hydrogen) atoms. The van der Waals surface area contributed by atoms with Crippen LogP contribution < -0.4 is 0 Å². The number of rotatable bonds is 4. The minimum Gasteiger partial charge on any atom is -0.508 e. The van der Waals surface area contributed by atoms with Crippen LogP contribution in [-0.4, -0.2) is 23.2 Å². The van der Waals surface area contributed by atoms with Crippen LogP contribution in [0.5, 0.6) is 5.75 Å². The van der Waals surface area contributed by atoms with E-state index in [4.69, 9.17) is 0 Å². The number of phenolic OH excluding ortho intramolecular Hbond substituents is 1. The fourth-order valence-corrected chi connectivity index (χ4v) is 2.93. The molecule has 0 saturated heterocycles. The van der Waals surface area contributed by atoms with Gasteiger partial charge in [-0.15, -0.1) is 11.3 Å². The zero-order valence-corrected chi connectivity index (χ0v) is 19.1. The van der Waals surface area contributed by atoms with Crippen molar-refractivity contribution in [2.24, 2.45) is 5.92 Å². The van der Waals surface area contributed by atoms with Crippen LogP contribution >= 0.6 is 11.3 Å². The molecule has 5 heteroatoms. The molecule has 1 aromatic carbocycles. The van der Waals surface area contributed by atoms with E-state index in [-0.39, 0.29) is 5.75 Å². The Labute approximate surface area is 175 Å². The van der Waals surface area contributed by atoms with Crippen LogP contribution in [0.2, 0.25) is 0 Å². The number of unbranched alkanes of at least 4 members (excludes halogenated alkanes) is 2. The van der Waals surface area contributed by atoms with Gasteiger partial charge in [-0.05, 0) is 24.1 Å². The van der Waals surface area contributed by atoms with Crippen molar-refractivity contribution >= 4 is 17.3 Å². The molecule has 0 radical (unpaired) electrons. The molecule has 0 aliphatic heterocycles. The molecule has 1 aliphatic rings. The molecule has 0 atom stereocenters. The molecule has 1 aromatic heterocycles. The number of hydrogen-bond acceptors (Lipinski definition) is 5. The zero-order chi connectivity index (χ0) is 21.4. The van der Waals surface area contributed by atoms with Crippen molar-refractivity contribution in [2.75, 3.05) is 7.11 Å². The molecule has 1 saturated carbocycles. The normalized spacial score (nSPS) is 12.1. The van der Waals surface area contributed by atoms with Crippen molar-refractivity contribution < 1.29 is 14.6 Å². The maximum absolute atomic E-state index is 11.3. The summed E-state index contributed by atoms with van der Waals surface area (Å²) in [6.07, 6.45) is 10.2. The van der Waals surface area contributed by atoms with Gasteiger partial charge < -0.3 is 9.84 Å². The van der Waals surface area contributed by atoms with E-state index in [9.17, 15) is 9.90 Å². The topological polar surface area (TPSA) is 59.4 Å². The van der Waals surface area contributed by atoms with Gasteiger partial charge in [0, 0.05) is 17.1 Å². The summed E-state index contributed by atoms with van der Waals surface area (Å²) in [5, 5.41) is 12.1. The molecule has 0 unspecified atom stereocenters. The molecule has 1 N–H and O–H groups in total. The van der Waals surface area contributed by atoms with E-state index in [0.29, 0.717) is 11.1 Å². The van der Waals surface area contributed by atoms with E-state index < -0.39 is 5.97 Å². The van der Waals surface area contributed by atoms with Crippen molar-refractivity contribution in [1.29, 1.82) is 0 Å². The third kappa shape index (κ3) is 10.5. The van der Waals surface area contributed by atoms with Crippen LogP contribution in [-0.2, 0) is 4.74 Å². The second kappa shape index (κ2) is 16.1. The number of thiazole rings is 1. The largest absolute Gasteiger partial charge is 0.508 e. The third-order valence-electron chi connectivity index (χ3n) is 4.12. The predicted molar refractivity (Wildman–Crippen MR) is 120 cm³/mol. The lowest BCUT2D eigenvalue weighted by atomic mass is 9.88. The van der Waals surface area contributed by atoms with E-state index in [0.717, 1.165) is 10.9 Å². The number of carbonyl (C=O) groups is 1. The number of aromatic nitrogens is 1. The first kappa shape index (κ1) is 26.1. The van der Waals surface area contributed by atoms with E-state index in [1.54, 1.807) is 18.3 Å². The monoisotopic (exact) mass is 407 g/mol. The summed E-state index contributed by atoms with van der Waals surface area (Å²) in [6.45, 7) is 10.7. The molecule has 1 heterocycles. The summed E-state index contributed by atoms with van der Waals surface area (Å²) in [4.78, 5) is 15.4. The summed E-state index contributed by atoms with van der Waals surface area (Å²) < 4.78 is 4.60. The van der Waals surface area contributed by atoms with Gasteiger partial charge in [0.2, 0.25) is 0 Å². The lowest BCUT2D eigenvalue weighted by Crippen LogP contribution is -2.04. The first-order valence-electron chi connectivity index (χ1n) is 10.3. The fourth-order valence-electron chi connectivity index (χ4n) is 2.30. The number of aromatic hydroxyl groups is 1. The highest BCUT2D eigenvalue weighted by atomic mass is 32.1. The maximum atomic E-state index is 11.3. The Hall–Kier alpha value is -1.88. The Bertz CT molecular complexity index is 635. The van der Waals surface area contributed by atoms with E-state index in [1.807, 2.05) is 19.2 Å². The number of carbonyl (C=O) groups excluding carboxylic acids is 1. The van der Waals surface area contributed by atoms with E-state index in [1.165, 1.54) is 63.0 Å². The summed E-state index contributed by atoms with van der Waals surface area (Å²) in [6, 6.07) is 4.57. The minimum absolute atomic E-state index is 0.0214. The number of esters is 1. The SMILES string of the molecule is CC.CC1CCC1.CCCCC.COC(=O)c1cc(O)cc(-c2nccs2)c1. The molecular formula is C23H37NO3S. The van der Waals surface area contributed by atoms with Gasteiger partial charge in [0.25, 0.3) is 0 Å². The number of benzene rings is 1. The molecule has 1 aliphatic carbocycles. The average Bonchev–Trinajstić information content (AvgIpc) is 3.23. The Morgan fingerprint density at radius 2 is 1.82 bits per heavy atom. The number of methoxy groups -OCH3 is 1. The van der Waals surface area contributed by atoms with Crippen molar-refractivity contribution in [3.05, 3.63) is 35.3 Å². The number of ether oxygens (including phenoxy) is 1. The summed E-state index contributed by atoms with van der Waals surface area (Å²) in [5.74, 6) is 0.608. The van der Waals surface area contributed by atoms with Crippen LogP contribution in [0.4, 0.5) is 0 Å². The molecule has 0 spiro atoms. The first-order chi connectivity index (χ1) is 13.5. The van der Waals surface area contributed by atoms with Crippen LogP contribution in [0, 0.1) is 5.92 Å². The van der Waals surface area contributed by atoms with Crippen molar-refractivity contribution in [2.45, 2.75) is 73.1 Å². The highest BCUT2D eigenvalue weighted by molar-refractivity contribution is 7.13. The second-order valence-corrected chi connectivity index (χ2v) is 7.38. The highest BCUT2D eigenvalue weighted by Crippen LogP contribution is 2.27. The molecule has 158 valence electrons.